The second-order valence-corrected chi connectivity index (χ2v) is 6.15. The minimum absolute atomic E-state index is 0.336. The zero-order valence-electron chi connectivity index (χ0n) is 13.2. The van der Waals surface area contributed by atoms with Crippen LogP contribution in [0.3, 0.4) is 0 Å². The van der Waals surface area contributed by atoms with Gasteiger partial charge in [0.25, 0.3) is 0 Å². The van der Waals surface area contributed by atoms with E-state index in [0.29, 0.717) is 24.6 Å². The van der Waals surface area contributed by atoms with Gasteiger partial charge in [-0.2, -0.15) is 13.2 Å². The van der Waals surface area contributed by atoms with E-state index in [4.69, 9.17) is 4.74 Å². The van der Waals surface area contributed by atoms with Gasteiger partial charge in [0.2, 0.25) is 0 Å². The van der Waals surface area contributed by atoms with Gasteiger partial charge in [0.05, 0.1) is 23.2 Å². The minimum atomic E-state index is -4.34. The Balaban J connectivity index is 2.05. The van der Waals surface area contributed by atoms with E-state index >= 15 is 0 Å². The summed E-state index contributed by atoms with van der Waals surface area (Å²) in [5.74, 6) is 1.25. The molecule has 0 amide bonds. The Labute approximate surface area is 133 Å². The molecular formula is C17H21F3N2O. The van der Waals surface area contributed by atoms with Crippen molar-refractivity contribution in [2.45, 2.75) is 50.7 Å². The average Bonchev–Trinajstić information content (AvgIpc) is 2.90. The van der Waals surface area contributed by atoms with Crippen molar-refractivity contribution in [1.82, 2.24) is 9.55 Å². The van der Waals surface area contributed by atoms with Crippen LogP contribution >= 0.6 is 0 Å². The number of ether oxygens (including phenoxy) is 1. The van der Waals surface area contributed by atoms with E-state index < -0.39 is 11.7 Å². The number of hydrogen-bond donors (Lipinski definition) is 0. The molecule has 23 heavy (non-hydrogen) atoms. The number of imidazole rings is 1. The van der Waals surface area contributed by atoms with Crippen molar-refractivity contribution < 1.29 is 17.9 Å². The summed E-state index contributed by atoms with van der Waals surface area (Å²) >= 11 is 0. The quantitative estimate of drug-likeness (QED) is 0.811. The number of benzene rings is 1. The summed E-state index contributed by atoms with van der Waals surface area (Å²) in [5.41, 5.74) is 0.545. The number of fused-ring (bicyclic) bond motifs is 1. The highest BCUT2D eigenvalue weighted by molar-refractivity contribution is 5.77. The molecule has 2 aromatic rings. The van der Waals surface area contributed by atoms with Gasteiger partial charge in [0.1, 0.15) is 5.82 Å². The van der Waals surface area contributed by atoms with Gasteiger partial charge in [-0.3, -0.25) is 0 Å². The van der Waals surface area contributed by atoms with Crippen LogP contribution in [0.15, 0.2) is 18.2 Å². The Kier molecular flexibility index (Phi) is 4.62. The molecule has 3 rings (SSSR count). The van der Waals surface area contributed by atoms with Gasteiger partial charge in [0.15, 0.2) is 0 Å². The standard InChI is InChI=1S/C17H21F3N2O/c1-23-10-9-22-15-8-7-13(17(18,19)20)11-14(15)21-16(22)12-5-3-2-4-6-12/h7-8,11-12H,2-6,9-10H2,1H3. The van der Waals surface area contributed by atoms with E-state index in [-0.39, 0.29) is 0 Å². The topological polar surface area (TPSA) is 27.1 Å². The second-order valence-electron chi connectivity index (χ2n) is 6.15. The van der Waals surface area contributed by atoms with Crippen LogP contribution in [0.4, 0.5) is 13.2 Å². The Morgan fingerprint density at radius 1 is 1.22 bits per heavy atom. The lowest BCUT2D eigenvalue weighted by Crippen LogP contribution is -2.14. The molecule has 1 aliphatic rings. The molecule has 1 heterocycles. The van der Waals surface area contributed by atoms with Crippen LogP contribution in [0.2, 0.25) is 0 Å². The Hall–Kier alpha value is -1.56. The highest BCUT2D eigenvalue weighted by Gasteiger charge is 2.31. The predicted octanol–water partition coefficient (Wildman–Crippen LogP) is 4.75. The highest BCUT2D eigenvalue weighted by atomic mass is 19.4. The predicted molar refractivity (Wildman–Crippen MR) is 82.4 cm³/mol. The molecular weight excluding hydrogens is 305 g/mol. The smallest absolute Gasteiger partial charge is 0.383 e. The van der Waals surface area contributed by atoms with Crippen LogP contribution in [0.25, 0.3) is 11.0 Å². The normalized spacial score (nSPS) is 17.0. The molecule has 3 nitrogen and oxygen atoms in total. The van der Waals surface area contributed by atoms with Crippen molar-refractivity contribution in [3.8, 4) is 0 Å². The summed E-state index contributed by atoms with van der Waals surface area (Å²) in [6.07, 6.45) is 1.32. The molecule has 0 aliphatic heterocycles. The Bertz CT molecular complexity index is 672. The number of methoxy groups -OCH3 is 1. The van der Waals surface area contributed by atoms with Crippen LogP contribution in [-0.4, -0.2) is 23.3 Å². The van der Waals surface area contributed by atoms with Crippen molar-refractivity contribution in [1.29, 1.82) is 0 Å². The summed E-state index contributed by atoms with van der Waals surface area (Å²) in [6, 6.07) is 3.83. The molecule has 6 heteroatoms. The van der Waals surface area contributed by atoms with Gasteiger partial charge < -0.3 is 9.30 Å². The number of alkyl halides is 3. The van der Waals surface area contributed by atoms with E-state index in [0.717, 1.165) is 49.2 Å². The number of aromatic nitrogens is 2. The van der Waals surface area contributed by atoms with Crippen molar-refractivity contribution in [3.63, 3.8) is 0 Å². The molecule has 0 saturated heterocycles. The first kappa shape index (κ1) is 16.3. The Morgan fingerprint density at radius 2 is 1.96 bits per heavy atom. The third-order valence-electron chi connectivity index (χ3n) is 4.59. The molecule has 126 valence electrons. The fourth-order valence-corrected chi connectivity index (χ4v) is 3.41. The molecule has 0 atom stereocenters. The fraction of sp³-hybridized carbons (Fsp3) is 0.588. The molecule has 0 unspecified atom stereocenters. The van der Waals surface area contributed by atoms with E-state index in [2.05, 4.69) is 4.98 Å². The molecule has 0 N–H and O–H groups in total. The summed E-state index contributed by atoms with van der Waals surface area (Å²) in [5, 5.41) is 0. The van der Waals surface area contributed by atoms with E-state index in [1.807, 2.05) is 4.57 Å². The van der Waals surface area contributed by atoms with Gasteiger partial charge in [-0.15, -0.1) is 0 Å². The molecule has 0 spiro atoms. The Morgan fingerprint density at radius 3 is 2.61 bits per heavy atom. The van der Waals surface area contributed by atoms with Crippen LogP contribution < -0.4 is 0 Å². The number of rotatable bonds is 4. The largest absolute Gasteiger partial charge is 0.416 e. The third kappa shape index (κ3) is 3.37. The average molecular weight is 326 g/mol. The van der Waals surface area contributed by atoms with E-state index in [1.54, 1.807) is 7.11 Å². The summed E-state index contributed by atoms with van der Waals surface area (Å²) < 4.78 is 46.0. The van der Waals surface area contributed by atoms with Crippen molar-refractivity contribution >= 4 is 11.0 Å². The van der Waals surface area contributed by atoms with Gasteiger partial charge in [-0.25, -0.2) is 4.98 Å². The first-order valence-corrected chi connectivity index (χ1v) is 8.07. The van der Waals surface area contributed by atoms with Crippen LogP contribution in [-0.2, 0) is 17.5 Å². The number of halogens is 3. The maximum atomic E-state index is 12.9. The van der Waals surface area contributed by atoms with E-state index in [1.165, 1.54) is 12.5 Å². The molecule has 0 bridgehead atoms. The van der Waals surface area contributed by atoms with Gasteiger partial charge in [-0.05, 0) is 31.0 Å². The SMILES string of the molecule is COCCn1c(C2CCCCC2)nc2cc(C(F)(F)F)ccc21. The van der Waals surface area contributed by atoms with Crippen LogP contribution in [0.5, 0.6) is 0 Å². The van der Waals surface area contributed by atoms with Gasteiger partial charge in [-0.1, -0.05) is 19.3 Å². The molecule has 1 saturated carbocycles. The second kappa shape index (κ2) is 6.51. The molecule has 0 radical (unpaired) electrons. The van der Waals surface area contributed by atoms with Crippen LogP contribution in [0, 0.1) is 0 Å². The van der Waals surface area contributed by atoms with Gasteiger partial charge in [0, 0.05) is 19.6 Å². The lowest BCUT2D eigenvalue weighted by Gasteiger charge is -2.22. The molecule has 1 aromatic carbocycles. The fourth-order valence-electron chi connectivity index (χ4n) is 3.41. The summed E-state index contributed by atoms with van der Waals surface area (Å²) in [6.45, 7) is 1.14. The number of nitrogens with zero attached hydrogens (tertiary/aromatic N) is 2. The van der Waals surface area contributed by atoms with Crippen molar-refractivity contribution in [3.05, 3.63) is 29.6 Å². The van der Waals surface area contributed by atoms with Crippen molar-refractivity contribution in [2.24, 2.45) is 0 Å². The lowest BCUT2D eigenvalue weighted by atomic mass is 9.88. The monoisotopic (exact) mass is 326 g/mol. The maximum absolute atomic E-state index is 12.9. The van der Waals surface area contributed by atoms with E-state index in [9.17, 15) is 13.2 Å². The van der Waals surface area contributed by atoms with Crippen LogP contribution in [0.1, 0.15) is 49.4 Å². The zero-order chi connectivity index (χ0) is 16.4. The zero-order valence-corrected chi connectivity index (χ0v) is 13.2. The first-order chi connectivity index (χ1) is 11.0. The molecule has 1 fully saturated rings. The summed E-state index contributed by atoms with van der Waals surface area (Å²) in [7, 11) is 1.63. The lowest BCUT2D eigenvalue weighted by molar-refractivity contribution is -0.137. The van der Waals surface area contributed by atoms with Crippen molar-refractivity contribution in [2.75, 3.05) is 13.7 Å². The minimum Gasteiger partial charge on any atom is -0.383 e. The number of hydrogen-bond acceptors (Lipinski definition) is 2. The molecule has 1 aliphatic carbocycles. The first-order valence-electron chi connectivity index (χ1n) is 8.07. The maximum Gasteiger partial charge on any atom is 0.416 e. The van der Waals surface area contributed by atoms with Gasteiger partial charge >= 0.3 is 6.18 Å². The third-order valence-corrected chi connectivity index (χ3v) is 4.59. The molecule has 1 aromatic heterocycles. The highest BCUT2D eigenvalue weighted by Crippen LogP contribution is 2.36. The summed E-state index contributed by atoms with van der Waals surface area (Å²) in [4.78, 5) is 4.57.